The standard InChI is InChI=1S/C16H22Cl2O3/c1-10(2)20-15-8-12(14(19)6-5-7-17)13(18)9-16(15)21-11(3)4/h8-11H,5-7H2,1-4H3. The van der Waals surface area contributed by atoms with Crippen LogP contribution in [0.4, 0.5) is 0 Å². The number of hydrogen-bond donors (Lipinski definition) is 0. The molecule has 0 atom stereocenters. The molecule has 0 amide bonds. The average Bonchev–Trinajstić information content (AvgIpc) is 2.37. The largest absolute Gasteiger partial charge is 0.487 e. The molecule has 0 saturated heterocycles. The molecular formula is C16H22Cl2O3. The fraction of sp³-hybridized carbons (Fsp3) is 0.562. The third-order valence-electron chi connectivity index (χ3n) is 2.60. The molecule has 0 fully saturated rings. The van der Waals surface area contributed by atoms with E-state index < -0.39 is 0 Å². The van der Waals surface area contributed by atoms with Gasteiger partial charge in [-0.15, -0.1) is 11.6 Å². The summed E-state index contributed by atoms with van der Waals surface area (Å²) in [5.74, 6) is 1.51. The minimum Gasteiger partial charge on any atom is -0.487 e. The van der Waals surface area contributed by atoms with Crippen molar-refractivity contribution >= 4 is 29.0 Å². The van der Waals surface area contributed by atoms with E-state index in [1.807, 2.05) is 27.7 Å². The lowest BCUT2D eigenvalue weighted by Gasteiger charge is -2.18. The van der Waals surface area contributed by atoms with Crippen LogP contribution in [0.25, 0.3) is 0 Å². The lowest BCUT2D eigenvalue weighted by atomic mass is 10.1. The number of hydrogen-bond acceptors (Lipinski definition) is 3. The monoisotopic (exact) mass is 332 g/mol. The maximum Gasteiger partial charge on any atom is 0.164 e. The minimum absolute atomic E-state index is 0.00613. The number of carbonyl (C=O) groups excluding carboxylic acids is 1. The van der Waals surface area contributed by atoms with E-state index in [1.165, 1.54) is 0 Å². The highest BCUT2D eigenvalue weighted by atomic mass is 35.5. The first kappa shape index (κ1) is 18.1. The second kappa shape index (κ2) is 8.50. The van der Waals surface area contributed by atoms with E-state index in [0.29, 0.717) is 40.8 Å². The second-order valence-corrected chi connectivity index (χ2v) is 6.11. The van der Waals surface area contributed by atoms with Gasteiger partial charge < -0.3 is 9.47 Å². The van der Waals surface area contributed by atoms with Crippen LogP contribution >= 0.6 is 23.2 Å². The van der Waals surface area contributed by atoms with Gasteiger partial charge in [0.15, 0.2) is 17.3 Å². The van der Waals surface area contributed by atoms with Crippen molar-refractivity contribution in [2.75, 3.05) is 5.88 Å². The Balaban J connectivity index is 3.13. The van der Waals surface area contributed by atoms with Crippen molar-refractivity contribution in [2.45, 2.75) is 52.7 Å². The molecule has 5 heteroatoms. The lowest BCUT2D eigenvalue weighted by Crippen LogP contribution is -2.12. The van der Waals surface area contributed by atoms with Gasteiger partial charge in [0, 0.05) is 23.9 Å². The zero-order valence-corrected chi connectivity index (χ0v) is 14.4. The van der Waals surface area contributed by atoms with Gasteiger partial charge in [0.1, 0.15) is 0 Å². The summed E-state index contributed by atoms with van der Waals surface area (Å²) in [6.45, 7) is 7.69. The third-order valence-corrected chi connectivity index (χ3v) is 3.18. The van der Waals surface area contributed by atoms with E-state index in [4.69, 9.17) is 32.7 Å². The highest BCUT2D eigenvalue weighted by Gasteiger charge is 2.17. The predicted octanol–water partition coefficient (Wildman–Crippen LogP) is 5.12. The summed E-state index contributed by atoms with van der Waals surface area (Å²) >= 11 is 11.8. The van der Waals surface area contributed by atoms with E-state index in [2.05, 4.69) is 0 Å². The predicted molar refractivity (Wildman–Crippen MR) is 87.3 cm³/mol. The maximum atomic E-state index is 12.2. The van der Waals surface area contributed by atoms with Crippen LogP contribution in [-0.4, -0.2) is 23.9 Å². The van der Waals surface area contributed by atoms with Crippen LogP contribution in [0.5, 0.6) is 11.5 Å². The maximum absolute atomic E-state index is 12.2. The first-order chi connectivity index (χ1) is 9.85. The molecule has 0 heterocycles. The van der Waals surface area contributed by atoms with Crippen molar-refractivity contribution in [1.29, 1.82) is 0 Å². The Morgan fingerprint density at radius 3 is 2.10 bits per heavy atom. The number of alkyl halides is 1. The molecular weight excluding hydrogens is 311 g/mol. The van der Waals surface area contributed by atoms with E-state index in [1.54, 1.807) is 12.1 Å². The fourth-order valence-corrected chi connectivity index (χ4v) is 2.20. The van der Waals surface area contributed by atoms with Crippen LogP contribution in [0.15, 0.2) is 12.1 Å². The molecule has 21 heavy (non-hydrogen) atoms. The summed E-state index contributed by atoms with van der Waals surface area (Å²) in [5.41, 5.74) is 0.452. The van der Waals surface area contributed by atoms with Crippen LogP contribution in [-0.2, 0) is 0 Å². The fourth-order valence-electron chi connectivity index (χ4n) is 1.80. The number of ketones is 1. The number of rotatable bonds is 8. The summed E-state index contributed by atoms with van der Waals surface area (Å²) in [5, 5.41) is 0.376. The van der Waals surface area contributed by atoms with Crippen molar-refractivity contribution in [3.05, 3.63) is 22.7 Å². The summed E-state index contributed by atoms with van der Waals surface area (Å²) in [7, 11) is 0. The number of ether oxygens (including phenoxy) is 2. The van der Waals surface area contributed by atoms with Crippen molar-refractivity contribution in [2.24, 2.45) is 0 Å². The molecule has 0 saturated carbocycles. The summed E-state index contributed by atoms with van der Waals surface area (Å²) in [6, 6.07) is 3.31. The Bertz CT molecular complexity index is 485. The van der Waals surface area contributed by atoms with Gasteiger partial charge in [0.05, 0.1) is 17.2 Å². The van der Waals surface area contributed by atoms with Gasteiger partial charge in [-0.2, -0.15) is 0 Å². The zero-order chi connectivity index (χ0) is 16.0. The molecule has 0 aliphatic heterocycles. The van der Waals surface area contributed by atoms with Crippen LogP contribution in [0.3, 0.4) is 0 Å². The van der Waals surface area contributed by atoms with Crippen LogP contribution in [0.1, 0.15) is 50.9 Å². The first-order valence-corrected chi connectivity index (χ1v) is 8.02. The Labute approximate surface area is 136 Å². The van der Waals surface area contributed by atoms with E-state index in [-0.39, 0.29) is 18.0 Å². The average molecular weight is 333 g/mol. The highest BCUT2D eigenvalue weighted by Crippen LogP contribution is 2.35. The number of Topliss-reactive ketones (excluding diaryl/α,β-unsaturated/α-hetero) is 1. The topological polar surface area (TPSA) is 35.5 Å². The number of carbonyl (C=O) groups is 1. The van der Waals surface area contributed by atoms with Gasteiger partial charge in [0.25, 0.3) is 0 Å². The van der Waals surface area contributed by atoms with Crippen molar-refractivity contribution < 1.29 is 14.3 Å². The molecule has 1 rings (SSSR count). The van der Waals surface area contributed by atoms with Gasteiger partial charge >= 0.3 is 0 Å². The molecule has 1 aromatic rings. The van der Waals surface area contributed by atoms with Crippen molar-refractivity contribution in [1.82, 2.24) is 0 Å². The molecule has 0 spiro atoms. The molecule has 0 aliphatic carbocycles. The molecule has 0 unspecified atom stereocenters. The quantitative estimate of drug-likeness (QED) is 0.489. The Hall–Kier alpha value is -0.930. The molecule has 0 bridgehead atoms. The summed E-state index contributed by atoms with van der Waals surface area (Å²) in [6.07, 6.45) is 0.968. The smallest absolute Gasteiger partial charge is 0.164 e. The molecule has 1 aromatic carbocycles. The Kier molecular flexibility index (Phi) is 7.33. The Morgan fingerprint density at radius 1 is 1.10 bits per heavy atom. The normalized spacial score (nSPS) is 11.0. The van der Waals surface area contributed by atoms with Crippen molar-refractivity contribution in [3.63, 3.8) is 0 Å². The van der Waals surface area contributed by atoms with Gasteiger partial charge in [-0.3, -0.25) is 4.79 Å². The highest BCUT2D eigenvalue weighted by molar-refractivity contribution is 6.34. The molecule has 118 valence electrons. The van der Waals surface area contributed by atoms with E-state index in [0.717, 1.165) is 0 Å². The Morgan fingerprint density at radius 2 is 1.62 bits per heavy atom. The van der Waals surface area contributed by atoms with Crippen LogP contribution < -0.4 is 9.47 Å². The molecule has 0 radical (unpaired) electrons. The minimum atomic E-state index is -0.0367. The lowest BCUT2D eigenvalue weighted by molar-refractivity contribution is 0.0981. The SMILES string of the molecule is CC(C)Oc1cc(Cl)c(C(=O)CCCCl)cc1OC(C)C. The zero-order valence-electron chi connectivity index (χ0n) is 12.9. The van der Waals surface area contributed by atoms with Crippen molar-refractivity contribution in [3.8, 4) is 11.5 Å². The number of halogens is 2. The first-order valence-electron chi connectivity index (χ1n) is 7.11. The number of benzene rings is 1. The van der Waals surface area contributed by atoms with Gasteiger partial charge in [-0.1, -0.05) is 11.6 Å². The summed E-state index contributed by atoms with van der Waals surface area (Å²) < 4.78 is 11.4. The van der Waals surface area contributed by atoms with Gasteiger partial charge in [-0.25, -0.2) is 0 Å². The van der Waals surface area contributed by atoms with Gasteiger partial charge in [0.2, 0.25) is 0 Å². The summed E-state index contributed by atoms with van der Waals surface area (Å²) in [4.78, 5) is 12.2. The second-order valence-electron chi connectivity index (χ2n) is 5.33. The van der Waals surface area contributed by atoms with Gasteiger partial charge in [-0.05, 0) is 40.2 Å². The third kappa shape index (κ3) is 5.76. The molecule has 0 aliphatic rings. The van der Waals surface area contributed by atoms with Crippen LogP contribution in [0, 0.1) is 0 Å². The molecule has 0 aromatic heterocycles. The van der Waals surface area contributed by atoms with E-state index >= 15 is 0 Å². The van der Waals surface area contributed by atoms with Crippen LogP contribution in [0.2, 0.25) is 5.02 Å². The van der Waals surface area contributed by atoms with E-state index in [9.17, 15) is 4.79 Å². The molecule has 3 nitrogen and oxygen atoms in total. The molecule has 0 N–H and O–H groups in total.